The highest BCUT2D eigenvalue weighted by molar-refractivity contribution is 6.30. The molecule has 0 unspecified atom stereocenters. The van der Waals surface area contributed by atoms with E-state index in [1.54, 1.807) is 22.8 Å². The second-order valence-corrected chi connectivity index (χ2v) is 9.00. The van der Waals surface area contributed by atoms with Gasteiger partial charge in [-0.05, 0) is 49.1 Å². The number of aliphatic hydroxyl groups excluding tert-OH is 1. The second kappa shape index (κ2) is 9.67. The number of imide groups is 1. The third kappa shape index (κ3) is 4.49. The van der Waals surface area contributed by atoms with Crippen LogP contribution in [-0.2, 0) is 11.3 Å². The number of aromatic nitrogens is 2. The fourth-order valence-corrected chi connectivity index (χ4v) is 4.72. The Morgan fingerprint density at radius 1 is 1.17 bits per heavy atom. The second-order valence-electron chi connectivity index (χ2n) is 8.56. The number of halogens is 2. The fraction of sp³-hybridized carbons (Fsp3) is 0.320. The fourth-order valence-electron chi connectivity index (χ4n) is 4.59. The largest absolute Gasteiger partial charge is 0.425 e. The number of rotatable bonds is 7. The topological polar surface area (TPSA) is 87.9 Å². The highest BCUT2D eigenvalue weighted by atomic mass is 35.5. The minimum Gasteiger partial charge on any atom is -0.425 e. The molecule has 10 heteroatoms. The number of nitrogens with zero attached hydrogens (tertiary/aromatic N) is 4. The van der Waals surface area contributed by atoms with Gasteiger partial charge in [-0.25, -0.2) is 4.39 Å². The first-order valence-electron chi connectivity index (χ1n) is 11.5. The van der Waals surface area contributed by atoms with Gasteiger partial charge < -0.3 is 14.7 Å². The smallest absolute Gasteiger partial charge is 0.304 e. The number of hydrogen-bond acceptors (Lipinski definition) is 6. The number of amides is 2. The average Bonchev–Trinajstić information content (AvgIpc) is 3.44. The van der Waals surface area contributed by atoms with Crippen LogP contribution in [0.4, 0.5) is 10.2 Å². The van der Waals surface area contributed by atoms with E-state index in [0.717, 1.165) is 12.0 Å². The Hall–Kier alpha value is -3.43. The molecule has 0 radical (unpaired) electrons. The van der Waals surface area contributed by atoms with Crippen molar-refractivity contribution in [1.29, 1.82) is 0 Å². The third-order valence-corrected chi connectivity index (χ3v) is 6.49. The maximum Gasteiger partial charge on any atom is 0.304 e. The zero-order valence-corrected chi connectivity index (χ0v) is 19.6. The lowest BCUT2D eigenvalue weighted by Gasteiger charge is -2.24. The molecule has 2 aromatic carbocycles. The van der Waals surface area contributed by atoms with E-state index in [-0.39, 0.29) is 49.5 Å². The number of aliphatic hydroxyl groups is 1. The average molecular weight is 499 g/mol. The van der Waals surface area contributed by atoms with E-state index in [9.17, 15) is 19.1 Å². The van der Waals surface area contributed by atoms with E-state index >= 15 is 0 Å². The van der Waals surface area contributed by atoms with Crippen LogP contribution in [0.2, 0.25) is 5.02 Å². The Morgan fingerprint density at radius 2 is 1.97 bits per heavy atom. The summed E-state index contributed by atoms with van der Waals surface area (Å²) >= 11 is 6.05. The van der Waals surface area contributed by atoms with Gasteiger partial charge in [0.2, 0.25) is 0 Å². The maximum absolute atomic E-state index is 13.8. The number of carbonyl (C=O) groups is 2. The van der Waals surface area contributed by atoms with Gasteiger partial charge in [0, 0.05) is 30.8 Å². The van der Waals surface area contributed by atoms with Gasteiger partial charge in [-0.15, -0.1) is 0 Å². The molecule has 2 aliphatic heterocycles. The molecule has 0 spiro atoms. The molecule has 1 fully saturated rings. The molecule has 1 saturated heterocycles. The first kappa shape index (κ1) is 23.3. The molecule has 1 N–H and O–H groups in total. The van der Waals surface area contributed by atoms with Gasteiger partial charge in [-0.2, -0.15) is 4.98 Å². The summed E-state index contributed by atoms with van der Waals surface area (Å²) in [6.07, 6.45) is 1.66. The molecule has 35 heavy (non-hydrogen) atoms. The predicted octanol–water partition coefficient (Wildman–Crippen LogP) is 3.85. The number of anilines is 1. The highest BCUT2D eigenvalue weighted by Crippen LogP contribution is 2.37. The van der Waals surface area contributed by atoms with E-state index in [1.807, 2.05) is 17.0 Å². The molecule has 2 aliphatic rings. The van der Waals surface area contributed by atoms with Crippen LogP contribution in [0.15, 0.2) is 48.5 Å². The Labute approximate surface area is 206 Å². The molecule has 1 atom stereocenters. The summed E-state index contributed by atoms with van der Waals surface area (Å²) in [5, 5.41) is 9.92. The van der Waals surface area contributed by atoms with E-state index in [1.165, 1.54) is 23.1 Å². The molecule has 182 valence electrons. The standard InChI is InChI=1S/C25H24ClFN4O4/c26-17-9-7-16(8-10-17)15-31-21-22(28-25(31)35-19-5-1-4-18(27)14-19)29-11-2-6-20(29)23(33)30(24(21)34)12-3-13-32/h1,4-5,7-10,14,20,32H,2-3,6,11-13,15H2/t20-/m0/s1. The molecular formula is C25H24ClFN4O4. The zero-order valence-electron chi connectivity index (χ0n) is 18.9. The first-order valence-corrected chi connectivity index (χ1v) is 11.9. The summed E-state index contributed by atoms with van der Waals surface area (Å²) < 4.78 is 21.4. The molecule has 0 bridgehead atoms. The van der Waals surface area contributed by atoms with Crippen molar-refractivity contribution in [1.82, 2.24) is 14.5 Å². The monoisotopic (exact) mass is 498 g/mol. The SMILES string of the molecule is O=C1c2c(nc(Oc3cccc(F)c3)n2Cc2ccc(Cl)cc2)N2CCC[C@H]2C(=O)N1CCCO. The van der Waals surface area contributed by atoms with Crippen molar-refractivity contribution in [3.05, 3.63) is 70.6 Å². The molecule has 3 heterocycles. The van der Waals surface area contributed by atoms with Gasteiger partial charge in [0.1, 0.15) is 17.6 Å². The predicted molar refractivity (Wildman–Crippen MR) is 127 cm³/mol. The Kier molecular flexibility index (Phi) is 6.44. The molecule has 0 aliphatic carbocycles. The van der Waals surface area contributed by atoms with Crippen molar-refractivity contribution in [2.45, 2.75) is 31.8 Å². The number of imidazole rings is 1. The van der Waals surface area contributed by atoms with Crippen molar-refractivity contribution >= 4 is 29.2 Å². The van der Waals surface area contributed by atoms with Crippen LogP contribution in [0.1, 0.15) is 35.3 Å². The van der Waals surface area contributed by atoms with Crippen LogP contribution >= 0.6 is 11.6 Å². The van der Waals surface area contributed by atoms with Crippen LogP contribution in [0.25, 0.3) is 0 Å². The Balaban J connectivity index is 1.65. The molecule has 3 aromatic rings. The normalized spacial score (nSPS) is 17.4. The van der Waals surface area contributed by atoms with E-state index < -0.39 is 17.8 Å². The summed E-state index contributed by atoms with van der Waals surface area (Å²) in [4.78, 5) is 34.8. The minimum atomic E-state index is -0.514. The van der Waals surface area contributed by atoms with Gasteiger partial charge in [0.25, 0.3) is 11.8 Å². The van der Waals surface area contributed by atoms with E-state index in [4.69, 9.17) is 16.3 Å². The summed E-state index contributed by atoms with van der Waals surface area (Å²) in [6, 6.07) is 12.4. The first-order chi connectivity index (χ1) is 17.0. The Bertz CT molecular complexity index is 1260. The summed E-state index contributed by atoms with van der Waals surface area (Å²) in [7, 11) is 0. The zero-order chi connectivity index (χ0) is 24.5. The number of hydrogen-bond donors (Lipinski definition) is 1. The Morgan fingerprint density at radius 3 is 2.71 bits per heavy atom. The van der Waals surface area contributed by atoms with Crippen molar-refractivity contribution < 1.29 is 23.8 Å². The lowest BCUT2D eigenvalue weighted by Crippen LogP contribution is -2.46. The van der Waals surface area contributed by atoms with Crippen LogP contribution < -0.4 is 9.64 Å². The minimum absolute atomic E-state index is 0.101. The van der Waals surface area contributed by atoms with Crippen LogP contribution in [-0.4, -0.2) is 57.1 Å². The summed E-state index contributed by atoms with van der Waals surface area (Å²) in [5.74, 6) is -0.636. The van der Waals surface area contributed by atoms with Crippen molar-refractivity contribution in [2.24, 2.45) is 0 Å². The van der Waals surface area contributed by atoms with E-state index in [0.29, 0.717) is 23.8 Å². The number of ether oxygens (including phenoxy) is 1. The summed E-state index contributed by atoms with van der Waals surface area (Å²) in [5.41, 5.74) is 1.06. The lowest BCUT2D eigenvalue weighted by atomic mass is 10.2. The molecule has 2 amide bonds. The molecule has 8 nitrogen and oxygen atoms in total. The van der Waals surface area contributed by atoms with Crippen molar-refractivity contribution in [3.63, 3.8) is 0 Å². The lowest BCUT2D eigenvalue weighted by molar-refractivity contribution is -0.129. The van der Waals surface area contributed by atoms with Crippen LogP contribution in [0.3, 0.4) is 0 Å². The molecule has 5 rings (SSSR count). The quantitative estimate of drug-likeness (QED) is 0.498. The van der Waals surface area contributed by atoms with Gasteiger partial charge in [-0.1, -0.05) is 29.8 Å². The molecule has 0 saturated carbocycles. The highest BCUT2D eigenvalue weighted by Gasteiger charge is 2.45. The number of fused-ring (bicyclic) bond motifs is 3. The van der Waals surface area contributed by atoms with Crippen molar-refractivity contribution in [3.8, 4) is 11.8 Å². The van der Waals surface area contributed by atoms with Gasteiger partial charge in [0.05, 0.1) is 6.54 Å². The van der Waals surface area contributed by atoms with Gasteiger partial charge in [0.15, 0.2) is 11.5 Å². The number of benzene rings is 2. The van der Waals surface area contributed by atoms with Gasteiger partial charge >= 0.3 is 6.01 Å². The maximum atomic E-state index is 13.8. The summed E-state index contributed by atoms with van der Waals surface area (Å²) in [6.45, 7) is 0.749. The molecular weight excluding hydrogens is 475 g/mol. The van der Waals surface area contributed by atoms with Crippen molar-refractivity contribution in [2.75, 3.05) is 24.6 Å². The van der Waals surface area contributed by atoms with E-state index in [2.05, 4.69) is 4.98 Å². The van der Waals surface area contributed by atoms with Gasteiger partial charge in [-0.3, -0.25) is 19.1 Å². The van der Waals surface area contributed by atoms with Crippen LogP contribution in [0.5, 0.6) is 11.8 Å². The third-order valence-electron chi connectivity index (χ3n) is 6.24. The number of carbonyl (C=O) groups excluding carboxylic acids is 2. The molecule has 1 aromatic heterocycles. The van der Waals surface area contributed by atoms with Crippen LogP contribution in [0, 0.1) is 5.82 Å².